The summed E-state index contributed by atoms with van der Waals surface area (Å²) in [6, 6.07) is 14.2. The first-order valence-corrected chi connectivity index (χ1v) is 10.7. The molecule has 30 heavy (non-hydrogen) atoms. The first-order valence-electron chi connectivity index (χ1n) is 8.99. The van der Waals surface area contributed by atoms with Crippen LogP contribution in [0.25, 0.3) is 0 Å². The third kappa shape index (κ3) is 6.01. The maximum absolute atomic E-state index is 12.0. The zero-order chi connectivity index (χ0) is 21.5. The number of hydrogen-bond acceptors (Lipinski definition) is 6. The summed E-state index contributed by atoms with van der Waals surface area (Å²) in [5.74, 6) is 0.215. The van der Waals surface area contributed by atoms with Crippen molar-refractivity contribution in [2.75, 3.05) is 6.61 Å². The van der Waals surface area contributed by atoms with Crippen molar-refractivity contribution in [1.29, 1.82) is 0 Å². The summed E-state index contributed by atoms with van der Waals surface area (Å²) in [5.41, 5.74) is 5.13. The number of thiophene rings is 1. The monoisotopic (exact) mass is 486 g/mol. The van der Waals surface area contributed by atoms with Gasteiger partial charge in [-0.2, -0.15) is 5.10 Å². The molecule has 0 spiro atoms. The molecule has 0 aliphatic rings. The van der Waals surface area contributed by atoms with E-state index in [2.05, 4.69) is 26.5 Å². The number of benzene rings is 2. The summed E-state index contributed by atoms with van der Waals surface area (Å²) in [4.78, 5) is 24.6. The fourth-order valence-electron chi connectivity index (χ4n) is 2.64. The van der Waals surface area contributed by atoms with E-state index in [0.29, 0.717) is 21.9 Å². The second-order valence-electron chi connectivity index (χ2n) is 6.41. The van der Waals surface area contributed by atoms with Gasteiger partial charge >= 0.3 is 5.97 Å². The number of amides is 1. The molecule has 0 atom stereocenters. The maximum Gasteiger partial charge on any atom is 0.353 e. The van der Waals surface area contributed by atoms with E-state index in [4.69, 9.17) is 9.47 Å². The Kier molecular flexibility index (Phi) is 7.37. The van der Waals surface area contributed by atoms with E-state index in [9.17, 15) is 9.59 Å². The van der Waals surface area contributed by atoms with E-state index in [-0.39, 0.29) is 6.61 Å². The number of aryl methyl sites for hydroxylation is 2. The zero-order valence-electron chi connectivity index (χ0n) is 16.3. The van der Waals surface area contributed by atoms with Crippen molar-refractivity contribution < 1.29 is 19.1 Å². The van der Waals surface area contributed by atoms with Crippen LogP contribution in [0.2, 0.25) is 0 Å². The van der Waals surface area contributed by atoms with Crippen LogP contribution >= 0.6 is 27.3 Å². The molecule has 3 rings (SSSR count). The van der Waals surface area contributed by atoms with Crippen molar-refractivity contribution >= 4 is 45.4 Å². The van der Waals surface area contributed by atoms with Crippen molar-refractivity contribution in [2.45, 2.75) is 13.8 Å². The Morgan fingerprint density at radius 1 is 1.17 bits per heavy atom. The lowest BCUT2D eigenvalue weighted by Gasteiger charge is -2.11. The number of esters is 1. The van der Waals surface area contributed by atoms with Gasteiger partial charge in [0.25, 0.3) is 5.91 Å². The van der Waals surface area contributed by atoms with Gasteiger partial charge < -0.3 is 9.47 Å². The first-order chi connectivity index (χ1) is 14.4. The number of carbonyl (C=O) groups excluding carboxylic acids is 2. The Bertz CT molecular complexity index is 1060. The lowest BCUT2D eigenvalue weighted by Crippen LogP contribution is -2.24. The molecule has 1 aromatic heterocycles. The van der Waals surface area contributed by atoms with Crippen LogP contribution in [0.1, 0.15) is 26.4 Å². The normalized spacial score (nSPS) is 10.8. The van der Waals surface area contributed by atoms with Crippen molar-refractivity contribution in [3.63, 3.8) is 0 Å². The molecule has 1 amide bonds. The number of hydrogen-bond donors (Lipinski definition) is 1. The fourth-order valence-corrected chi connectivity index (χ4v) is 4.03. The van der Waals surface area contributed by atoms with Crippen LogP contribution in [0.5, 0.6) is 11.5 Å². The Morgan fingerprint density at radius 2 is 2.00 bits per heavy atom. The van der Waals surface area contributed by atoms with Gasteiger partial charge in [-0.15, -0.1) is 11.3 Å². The summed E-state index contributed by atoms with van der Waals surface area (Å²) < 4.78 is 11.7. The topological polar surface area (TPSA) is 77.0 Å². The molecule has 0 unspecified atom stereocenters. The smallest absolute Gasteiger partial charge is 0.353 e. The van der Waals surface area contributed by atoms with E-state index in [1.807, 2.05) is 31.4 Å². The molecule has 1 N–H and O–H groups in total. The Hall–Kier alpha value is -2.97. The minimum absolute atomic E-state index is 0.168. The Morgan fingerprint density at radius 3 is 2.73 bits per heavy atom. The van der Waals surface area contributed by atoms with E-state index in [0.717, 1.165) is 15.6 Å². The lowest BCUT2D eigenvalue weighted by atomic mass is 10.1. The van der Waals surface area contributed by atoms with Gasteiger partial charge in [0.1, 0.15) is 16.4 Å². The van der Waals surface area contributed by atoms with Gasteiger partial charge in [0.2, 0.25) is 0 Å². The predicted octanol–water partition coefficient (Wildman–Crippen LogP) is 4.88. The molecule has 0 saturated carbocycles. The van der Waals surface area contributed by atoms with E-state index in [1.165, 1.54) is 17.6 Å². The Balaban J connectivity index is 1.52. The van der Waals surface area contributed by atoms with Gasteiger partial charge in [-0.1, -0.05) is 24.3 Å². The molecular weight excluding hydrogens is 468 g/mol. The number of nitrogens with one attached hydrogen (secondary N) is 1. The van der Waals surface area contributed by atoms with Gasteiger partial charge in [-0.25, -0.2) is 10.2 Å². The van der Waals surface area contributed by atoms with Gasteiger partial charge in [0.15, 0.2) is 6.61 Å². The van der Waals surface area contributed by atoms with E-state index in [1.54, 1.807) is 36.4 Å². The summed E-state index contributed by atoms with van der Waals surface area (Å²) in [5, 5.41) is 5.74. The van der Waals surface area contributed by atoms with Gasteiger partial charge in [0.05, 0.1) is 10.7 Å². The van der Waals surface area contributed by atoms with Crippen LogP contribution in [0.4, 0.5) is 0 Å². The van der Waals surface area contributed by atoms with Crippen molar-refractivity contribution in [3.05, 3.63) is 80.0 Å². The number of ether oxygens (including phenoxy) is 2. The highest BCUT2D eigenvalue weighted by atomic mass is 79.9. The maximum atomic E-state index is 12.0. The standard InChI is InChI=1S/C22H19BrN2O4S/c1-14-9-15(2)21(18(23)10-14)28-13-20(26)25-24-12-16-5-3-6-17(11-16)29-22(27)19-7-4-8-30-19/h3-12H,13H2,1-2H3,(H,25,26). The van der Waals surface area contributed by atoms with E-state index >= 15 is 0 Å². The van der Waals surface area contributed by atoms with Crippen LogP contribution in [0.3, 0.4) is 0 Å². The van der Waals surface area contributed by atoms with E-state index < -0.39 is 11.9 Å². The van der Waals surface area contributed by atoms with Crippen molar-refractivity contribution in [3.8, 4) is 11.5 Å². The molecular formula is C22H19BrN2O4S. The summed E-state index contributed by atoms with van der Waals surface area (Å²) >= 11 is 4.76. The highest BCUT2D eigenvalue weighted by molar-refractivity contribution is 9.10. The third-order valence-corrected chi connectivity index (χ3v) is 5.35. The predicted molar refractivity (Wildman–Crippen MR) is 121 cm³/mol. The third-order valence-electron chi connectivity index (χ3n) is 3.92. The quantitative estimate of drug-likeness (QED) is 0.223. The fraction of sp³-hybridized carbons (Fsp3) is 0.136. The highest BCUT2D eigenvalue weighted by Gasteiger charge is 2.10. The van der Waals surface area contributed by atoms with Gasteiger partial charge in [-0.3, -0.25) is 4.79 Å². The van der Waals surface area contributed by atoms with Crippen LogP contribution in [0, 0.1) is 13.8 Å². The average molecular weight is 487 g/mol. The number of rotatable bonds is 7. The lowest BCUT2D eigenvalue weighted by molar-refractivity contribution is -0.123. The highest BCUT2D eigenvalue weighted by Crippen LogP contribution is 2.30. The molecule has 2 aromatic carbocycles. The number of nitrogens with zero attached hydrogens (tertiary/aromatic N) is 1. The van der Waals surface area contributed by atoms with Crippen LogP contribution < -0.4 is 14.9 Å². The molecule has 0 aliphatic heterocycles. The summed E-state index contributed by atoms with van der Waals surface area (Å²) in [6.45, 7) is 3.74. The molecule has 3 aromatic rings. The molecule has 0 saturated heterocycles. The zero-order valence-corrected chi connectivity index (χ0v) is 18.7. The number of hydrazone groups is 1. The molecule has 0 fully saturated rings. The number of halogens is 1. The first kappa shape index (κ1) is 21.7. The SMILES string of the molecule is Cc1cc(C)c(OCC(=O)NN=Cc2cccc(OC(=O)c3cccs3)c2)c(Br)c1. The van der Waals surface area contributed by atoms with Gasteiger partial charge in [0, 0.05) is 0 Å². The molecule has 1 heterocycles. The minimum Gasteiger partial charge on any atom is -0.482 e. The summed E-state index contributed by atoms with van der Waals surface area (Å²) in [6.07, 6.45) is 1.47. The Labute approximate surface area is 186 Å². The van der Waals surface area contributed by atoms with Gasteiger partial charge in [-0.05, 0) is 76.1 Å². The largest absolute Gasteiger partial charge is 0.482 e. The van der Waals surface area contributed by atoms with Crippen molar-refractivity contribution in [1.82, 2.24) is 5.43 Å². The molecule has 154 valence electrons. The van der Waals surface area contributed by atoms with Crippen LogP contribution in [-0.4, -0.2) is 24.7 Å². The van der Waals surface area contributed by atoms with Crippen LogP contribution in [-0.2, 0) is 4.79 Å². The molecule has 8 heteroatoms. The second-order valence-corrected chi connectivity index (χ2v) is 8.22. The second kappa shape index (κ2) is 10.2. The number of carbonyl (C=O) groups is 2. The molecule has 0 bridgehead atoms. The average Bonchev–Trinajstić information content (AvgIpc) is 3.22. The molecule has 0 aliphatic carbocycles. The van der Waals surface area contributed by atoms with Crippen molar-refractivity contribution in [2.24, 2.45) is 5.10 Å². The van der Waals surface area contributed by atoms with Crippen LogP contribution in [0.15, 0.2) is 63.5 Å². The molecule has 6 nitrogen and oxygen atoms in total. The minimum atomic E-state index is -0.415. The molecule has 0 radical (unpaired) electrons. The summed E-state index contributed by atoms with van der Waals surface area (Å²) in [7, 11) is 0.